The van der Waals surface area contributed by atoms with Gasteiger partial charge in [0.05, 0.1) is 0 Å². The standard InChI is InChI=1S/CO2.2CH2O.2CH4/c2-1-3;2*1-2;;/h;2*1H2;2*1H4. The van der Waals surface area contributed by atoms with Gasteiger partial charge in [0.1, 0.15) is 13.6 Å². The van der Waals surface area contributed by atoms with E-state index < -0.39 is 0 Å². The zero-order valence-corrected chi connectivity index (χ0v) is 3.55. The molecule has 0 aliphatic carbocycles. The van der Waals surface area contributed by atoms with E-state index in [0.717, 1.165) is 0 Å². The van der Waals surface area contributed by atoms with Crippen molar-refractivity contribution in [1.82, 2.24) is 0 Å². The molecule has 4 nitrogen and oxygen atoms in total. The predicted molar refractivity (Wildman–Crippen MR) is 32.7 cm³/mol. The summed E-state index contributed by atoms with van der Waals surface area (Å²) in [6, 6.07) is 0. The van der Waals surface area contributed by atoms with Crippen molar-refractivity contribution in [3.8, 4) is 0 Å². The minimum absolute atomic E-state index is 0. The molecule has 0 fully saturated rings. The molecule has 0 unspecified atom stereocenters. The van der Waals surface area contributed by atoms with Crippen LogP contribution < -0.4 is 0 Å². The zero-order chi connectivity index (χ0) is 6.71. The summed E-state index contributed by atoms with van der Waals surface area (Å²) in [5.74, 6) is 0. The molecule has 0 heterocycles. The molecule has 0 spiro atoms. The molecule has 0 aliphatic rings. The van der Waals surface area contributed by atoms with Crippen molar-refractivity contribution in [3.05, 3.63) is 0 Å². The van der Waals surface area contributed by atoms with Crippen LogP contribution in [0.3, 0.4) is 0 Å². The molecule has 0 amide bonds. The van der Waals surface area contributed by atoms with Crippen LogP contribution in [0, 0.1) is 0 Å². The molecular weight excluding hydrogens is 124 g/mol. The third-order valence-electron chi connectivity index (χ3n) is 0. The molecule has 0 saturated heterocycles. The number of rotatable bonds is 0. The number of hydrogen-bond donors (Lipinski definition) is 0. The highest BCUT2D eigenvalue weighted by Crippen LogP contribution is 0.787. The van der Waals surface area contributed by atoms with Crippen LogP contribution in [0.2, 0.25) is 0 Å². The maximum absolute atomic E-state index is 8.12. The maximum atomic E-state index is 8.12. The van der Waals surface area contributed by atoms with E-state index >= 15 is 0 Å². The molecule has 0 bridgehead atoms. The average Bonchev–Trinajstić information content (AvgIpc) is 1.78. The minimum atomic E-state index is 0. The van der Waals surface area contributed by atoms with Crippen molar-refractivity contribution in [2.45, 2.75) is 14.9 Å². The van der Waals surface area contributed by atoms with E-state index in [1.54, 1.807) is 0 Å². The SMILES string of the molecule is C.C.C=O.C=O.O=C=O. The molecule has 0 atom stereocenters. The molecule has 9 heavy (non-hydrogen) atoms. The first-order valence-corrected chi connectivity index (χ1v) is 0.986. The smallest absolute Gasteiger partial charge is 0.307 e. The summed E-state index contributed by atoms with van der Waals surface area (Å²) in [6.45, 7) is 4.00. The van der Waals surface area contributed by atoms with Crippen LogP contribution in [0.5, 0.6) is 0 Å². The summed E-state index contributed by atoms with van der Waals surface area (Å²) < 4.78 is 0. The Kier molecular flexibility index (Phi) is 14700. The van der Waals surface area contributed by atoms with E-state index in [4.69, 9.17) is 19.2 Å². The minimum Gasteiger partial charge on any atom is -0.307 e. The van der Waals surface area contributed by atoms with Gasteiger partial charge in [-0.2, -0.15) is 9.59 Å². The second kappa shape index (κ2) is 2800. The van der Waals surface area contributed by atoms with Gasteiger partial charge in [-0.15, -0.1) is 0 Å². The van der Waals surface area contributed by atoms with Crippen LogP contribution in [0.1, 0.15) is 14.9 Å². The lowest BCUT2D eigenvalue weighted by Gasteiger charge is -0.945. The maximum Gasteiger partial charge on any atom is 0.373 e. The van der Waals surface area contributed by atoms with Crippen molar-refractivity contribution in [1.29, 1.82) is 0 Å². The Labute approximate surface area is 54.9 Å². The molecule has 0 rings (SSSR count). The number of hydrogen-bond acceptors (Lipinski definition) is 4. The largest absolute Gasteiger partial charge is 0.373 e. The van der Waals surface area contributed by atoms with E-state index in [9.17, 15) is 0 Å². The van der Waals surface area contributed by atoms with Crippen LogP contribution in [0.15, 0.2) is 0 Å². The van der Waals surface area contributed by atoms with Gasteiger partial charge < -0.3 is 9.59 Å². The molecule has 0 N–H and O–H groups in total. The van der Waals surface area contributed by atoms with Gasteiger partial charge in [-0.25, -0.2) is 0 Å². The summed E-state index contributed by atoms with van der Waals surface area (Å²) in [5.41, 5.74) is 0. The Bertz CT molecular complexity index is 44.9. The average molecular weight is 136 g/mol. The lowest BCUT2D eigenvalue weighted by atomic mass is 11.8. The van der Waals surface area contributed by atoms with Gasteiger partial charge in [0, 0.05) is 0 Å². The highest BCUT2D eigenvalue weighted by atomic mass is 16.2. The fourth-order valence-electron chi connectivity index (χ4n) is 0. The van der Waals surface area contributed by atoms with Gasteiger partial charge in [-0.05, 0) is 0 Å². The lowest BCUT2D eigenvalue weighted by Crippen LogP contribution is -1.22. The number of carbonyl (C=O) groups is 2. The van der Waals surface area contributed by atoms with Crippen molar-refractivity contribution in [2.24, 2.45) is 0 Å². The Hall–Kier alpha value is -1.28. The predicted octanol–water partition coefficient (Wildman–Crippen LogP) is 0.319. The number of carbonyl (C=O) groups excluding carboxylic acids is 4. The van der Waals surface area contributed by atoms with Crippen molar-refractivity contribution in [2.75, 3.05) is 0 Å². The zero-order valence-electron chi connectivity index (χ0n) is 3.55. The van der Waals surface area contributed by atoms with E-state index in [0.29, 0.717) is 0 Å². The topological polar surface area (TPSA) is 68.3 Å². The normalized spacial score (nSPS) is 1.78. The molecule has 56 valence electrons. The van der Waals surface area contributed by atoms with Crippen molar-refractivity contribution >= 4 is 19.7 Å². The second-order valence-electron chi connectivity index (χ2n) is 0.0833. The van der Waals surface area contributed by atoms with Crippen LogP contribution >= 0.6 is 0 Å². The van der Waals surface area contributed by atoms with E-state index in [1.807, 2.05) is 13.6 Å². The first-order chi connectivity index (χ1) is 3.41. The molecule has 0 aromatic rings. The molecule has 0 aromatic carbocycles. The van der Waals surface area contributed by atoms with Crippen LogP contribution in [0.4, 0.5) is 0 Å². The molecular formula is C5H12O4. The fourth-order valence-corrected chi connectivity index (χ4v) is 0. The van der Waals surface area contributed by atoms with E-state index in [-0.39, 0.29) is 21.0 Å². The monoisotopic (exact) mass is 136 g/mol. The van der Waals surface area contributed by atoms with Crippen LogP contribution in [0.25, 0.3) is 0 Å². The molecule has 0 radical (unpaired) electrons. The van der Waals surface area contributed by atoms with Crippen LogP contribution in [-0.2, 0) is 19.2 Å². The third kappa shape index (κ3) is 91.4. The van der Waals surface area contributed by atoms with E-state index in [1.165, 1.54) is 0 Å². The quantitative estimate of drug-likeness (QED) is 0.481. The Morgan fingerprint density at radius 1 is 0.778 bits per heavy atom. The summed E-state index contributed by atoms with van der Waals surface area (Å²) in [7, 11) is 0. The van der Waals surface area contributed by atoms with E-state index in [2.05, 4.69) is 0 Å². The Balaban J connectivity index is -0.00000000825. The van der Waals surface area contributed by atoms with Crippen molar-refractivity contribution in [3.63, 3.8) is 0 Å². The first-order valence-electron chi connectivity index (χ1n) is 0.986. The summed E-state index contributed by atoms with van der Waals surface area (Å²) >= 11 is 0. The summed E-state index contributed by atoms with van der Waals surface area (Å²) in [5, 5.41) is 0. The van der Waals surface area contributed by atoms with Gasteiger partial charge in [0.2, 0.25) is 0 Å². The highest BCUT2D eigenvalue weighted by Gasteiger charge is 1.13. The molecule has 4 heteroatoms. The molecule has 0 aromatic heterocycles. The van der Waals surface area contributed by atoms with Gasteiger partial charge >= 0.3 is 6.15 Å². The van der Waals surface area contributed by atoms with Crippen LogP contribution in [-0.4, -0.2) is 19.7 Å². The first kappa shape index (κ1) is 47.1. The van der Waals surface area contributed by atoms with Crippen molar-refractivity contribution < 1.29 is 19.2 Å². The summed E-state index contributed by atoms with van der Waals surface area (Å²) in [6.07, 6.45) is 0.250. The third-order valence-corrected chi connectivity index (χ3v) is 0. The molecule has 0 saturated carbocycles. The highest BCUT2D eigenvalue weighted by molar-refractivity contribution is 5.20. The lowest BCUT2D eigenvalue weighted by molar-refractivity contribution is -0.191. The van der Waals surface area contributed by atoms with Gasteiger partial charge in [-0.3, -0.25) is 0 Å². The summed E-state index contributed by atoms with van der Waals surface area (Å²) in [4.78, 5) is 32.2. The Morgan fingerprint density at radius 3 is 0.778 bits per heavy atom. The fraction of sp³-hybridized carbons (Fsp3) is 0.400. The Morgan fingerprint density at radius 2 is 0.778 bits per heavy atom. The molecule has 0 aliphatic heterocycles. The van der Waals surface area contributed by atoms with Gasteiger partial charge in [-0.1, -0.05) is 14.9 Å². The second-order valence-corrected chi connectivity index (χ2v) is 0.0833. The van der Waals surface area contributed by atoms with Gasteiger partial charge in [0.25, 0.3) is 0 Å². The van der Waals surface area contributed by atoms with Gasteiger partial charge in [0.15, 0.2) is 0 Å².